The fourth-order valence-electron chi connectivity index (χ4n) is 2.73. The summed E-state index contributed by atoms with van der Waals surface area (Å²) in [6.07, 6.45) is 1.75. The molecule has 4 aromatic rings. The third-order valence-corrected chi connectivity index (χ3v) is 4.06. The molecular formula is C22H16N4O. The maximum atomic E-state index is 11.6. The van der Waals surface area contributed by atoms with Crippen LogP contribution >= 0.6 is 0 Å². The molecule has 5 heteroatoms. The lowest BCUT2D eigenvalue weighted by Gasteiger charge is -2.06. The van der Waals surface area contributed by atoms with Gasteiger partial charge < -0.3 is 0 Å². The molecule has 0 bridgehead atoms. The van der Waals surface area contributed by atoms with E-state index >= 15 is 0 Å². The Hall–Kier alpha value is -3.73. The van der Waals surface area contributed by atoms with Gasteiger partial charge in [-0.05, 0) is 48.5 Å². The maximum absolute atomic E-state index is 11.6. The Morgan fingerprint density at radius 2 is 1.07 bits per heavy atom. The van der Waals surface area contributed by atoms with Gasteiger partial charge in [-0.3, -0.25) is 9.78 Å². The van der Waals surface area contributed by atoms with E-state index in [-0.39, 0.29) is 5.78 Å². The molecule has 0 saturated heterocycles. The van der Waals surface area contributed by atoms with Gasteiger partial charge in [0, 0.05) is 13.1 Å². The minimum absolute atomic E-state index is 0.0715. The van der Waals surface area contributed by atoms with Gasteiger partial charge in [0.05, 0.1) is 34.2 Å². The van der Waals surface area contributed by atoms with Crippen LogP contribution in [0.5, 0.6) is 0 Å². The van der Waals surface area contributed by atoms with Gasteiger partial charge >= 0.3 is 0 Å². The average molecular weight is 352 g/mol. The predicted octanol–water partition coefficient (Wildman–Crippen LogP) is 4.47. The van der Waals surface area contributed by atoms with E-state index in [1.54, 1.807) is 12.3 Å². The number of pyridine rings is 4. The van der Waals surface area contributed by atoms with E-state index in [0.717, 1.165) is 22.8 Å². The highest BCUT2D eigenvalue weighted by Crippen LogP contribution is 2.23. The Balaban J connectivity index is 1.73. The van der Waals surface area contributed by atoms with Crippen molar-refractivity contribution in [2.24, 2.45) is 0 Å². The van der Waals surface area contributed by atoms with Crippen LogP contribution < -0.4 is 0 Å². The summed E-state index contributed by atoms with van der Waals surface area (Å²) in [5.74, 6) is -0.0715. The van der Waals surface area contributed by atoms with E-state index in [1.165, 1.54) is 6.92 Å². The van der Waals surface area contributed by atoms with Gasteiger partial charge in [0.25, 0.3) is 0 Å². The van der Waals surface area contributed by atoms with Gasteiger partial charge in [0.1, 0.15) is 5.69 Å². The third kappa shape index (κ3) is 3.62. The van der Waals surface area contributed by atoms with Crippen LogP contribution in [-0.2, 0) is 0 Å². The van der Waals surface area contributed by atoms with E-state index in [4.69, 9.17) is 9.97 Å². The molecule has 0 atom stereocenters. The summed E-state index contributed by atoms with van der Waals surface area (Å²) in [5.41, 5.74) is 4.87. The first-order valence-corrected chi connectivity index (χ1v) is 8.55. The number of Topliss-reactive ketones (excluding diaryl/α,β-unsaturated/α-hetero) is 1. The highest BCUT2D eigenvalue weighted by molar-refractivity contribution is 5.92. The molecule has 0 aliphatic carbocycles. The topological polar surface area (TPSA) is 68.6 Å². The zero-order valence-corrected chi connectivity index (χ0v) is 14.7. The van der Waals surface area contributed by atoms with Crippen LogP contribution in [0.4, 0.5) is 0 Å². The molecule has 0 fully saturated rings. The van der Waals surface area contributed by atoms with Gasteiger partial charge in [-0.15, -0.1) is 0 Å². The van der Waals surface area contributed by atoms with Crippen LogP contribution in [0.1, 0.15) is 17.4 Å². The van der Waals surface area contributed by atoms with Gasteiger partial charge in [-0.1, -0.05) is 24.3 Å². The second kappa shape index (κ2) is 7.25. The second-order valence-electron chi connectivity index (χ2n) is 6.00. The van der Waals surface area contributed by atoms with E-state index in [2.05, 4.69) is 9.97 Å². The Morgan fingerprint density at radius 3 is 1.59 bits per heavy atom. The first kappa shape index (κ1) is 16.7. The SMILES string of the molecule is CC(=O)c1cccc(-c2cccc(-c3cccc(-c4ccccn4)n3)n2)n1. The van der Waals surface area contributed by atoms with Crippen molar-refractivity contribution in [2.45, 2.75) is 6.92 Å². The molecule has 0 radical (unpaired) electrons. The lowest BCUT2D eigenvalue weighted by atomic mass is 10.1. The van der Waals surface area contributed by atoms with Crippen molar-refractivity contribution in [1.29, 1.82) is 0 Å². The van der Waals surface area contributed by atoms with Crippen molar-refractivity contribution < 1.29 is 4.79 Å². The van der Waals surface area contributed by atoms with Crippen molar-refractivity contribution in [1.82, 2.24) is 19.9 Å². The van der Waals surface area contributed by atoms with Gasteiger partial charge in [0.15, 0.2) is 5.78 Å². The van der Waals surface area contributed by atoms with Crippen LogP contribution in [0.3, 0.4) is 0 Å². The zero-order valence-electron chi connectivity index (χ0n) is 14.7. The quantitative estimate of drug-likeness (QED) is 0.507. The summed E-state index contributed by atoms with van der Waals surface area (Å²) in [4.78, 5) is 29.7. The fraction of sp³-hybridized carbons (Fsp3) is 0.0455. The zero-order chi connectivity index (χ0) is 18.6. The number of ketones is 1. The molecule has 4 aromatic heterocycles. The Kier molecular flexibility index (Phi) is 4.49. The monoisotopic (exact) mass is 352 g/mol. The molecule has 4 heterocycles. The summed E-state index contributed by atoms with van der Waals surface area (Å²) in [6.45, 7) is 1.50. The van der Waals surface area contributed by atoms with Crippen molar-refractivity contribution in [2.75, 3.05) is 0 Å². The molecule has 0 N–H and O–H groups in total. The van der Waals surface area contributed by atoms with E-state index < -0.39 is 0 Å². The summed E-state index contributed by atoms with van der Waals surface area (Å²) in [7, 11) is 0. The van der Waals surface area contributed by atoms with Gasteiger partial charge in [-0.2, -0.15) is 0 Å². The molecular weight excluding hydrogens is 336 g/mol. The average Bonchev–Trinajstić information content (AvgIpc) is 2.75. The highest BCUT2D eigenvalue weighted by Gasteiger charge is 2.09. The Bertz CT molecular complexity index is 1110. The molecule has 27 heavy (non-hydrogen) atoms. The number of rotatable bonds is 4. The minimum atomic E-state index is -0.0715. The number of aromatic nitrogens is 4. The molecule has 130 valence electrons. The molecule has 0 amide bonds. The summed E-state index contributed by atoms with van der Waals surface area (Å²) in [6, 6.07) is 22.6. The van der Waals surface area contributed by atoms with Gasteiger partial charge in [-0.25, -0.2) is 15.0 Å². The minimum Gasteiger partial charge on any atom is -0.293 e. The molecule has 0 aliphatic heterocycles. The second-order valence-corrected chi connectivity index (χ2v) is 6.00. The van der Waals surface area contributed by atoms with Gasteiger partial charge in [0.2, 0.25) is 0 Å². The lowest BCUT2D eigenvalue weighted by molar-refractivity contribution is 0.101. The molecule has 0 spiro atoms. The van der Waals surface area contributed by atoms with Crippen molar-refractivity contribution in [3.63, 3.8) is 0 Å². The first-order chi connectivity index (χ1) is 13.2. The van der Waals surface area contributed by atoms with E-state index in [9.17, 15) is 4.79 Å². The molecule has 0 aromatic carbocycles. The van der Waals surface area contributed by atoms with Crippen molar-refractivity contribution >= 4 is 5.78 Å². The normalized spacial score (nSPS) is 10.6. The number of nitrogens with zero attached hydrogens (tertiary/aromatic N) is 4. The largest absolute Gasteiger partial charge is 0.293 e. The number of carbonyl (C=O) groups is 1. The number of hydrogen-bond donors (Lipinski definition) is 0. The first-order valence-electron chi connectivity index (χ1n) is 8.55. The summed E-state index contributed by atoms with van der Waals surface area (Å²) < 4.78 is 0. The molecule has 0 saturated carbocycles. The van der Waals surface area contributed by atoms with Crippen molar-refractivity contribution in [3.05, 3.63) is 84.7 Å². The van der Waals surface area contributed by atoms with Crippen LogP contribution in [0.25, 0.3) is 34.2 Å². The lowest BCUT2D eigenvalue weighted by Crippen LogP contribution is -1.99. The van der Waals surface area contributed by atoms with E-state index in [0.29, 0.717) is 17.1 Å². The predicted molar refractivity (Wildman–Crippen MR) is 104 cm³/mol. The van der Waals surface area contributed by atoms with Crippen molar-refractivity contribution in [3.8, 4) is 34.2 Å². The van der Waals surface area contributed by atoms with Crippen LogP contribution in [0.2, 0.25) is 0 Å². The Labute approximate surface area is 156 Å². The van der Waals surface area contributed by atoms with Crippen LogP contribution in [0, 0.1) is 0 Å². The number of carbonyl (C=O) groups excluding carboxylic acids is 1. The maximum Gasteiger partial charge on any atom is 0.178 e. The fourth-order valence-corrected chi connectivity index (χ4v) is 2.73. The Morgan fingerprint density at radius 1 is 0.593 bits per heavy atom. The van der Waals surface area contributed by atoms with Crippen LogP contribution in [0.15, 0.2) is 79.0 Å². The van der Waals surface area contributed by atoms with Crippen LogP contribution in [-0.4, -0.2) is 25.7 Å². The summed E-state index contributed by atoms with van der Waals surface area (Å²) in [5, 5.41) is 0. The molecule has 0 aliphatic rings. The number of hydrogen-bond acceptors (Lipinski definition) is 5. The smallest absolute Gasteiger partial charge is 0.178 e. The van der Waals surface area contributed by atoms with E-state index in [1.807, 2.05) is 66.7 Å². The standard InChI is InChI=1S/C22H16N4O/c1-15(27)16-8-4-10-19(24-16)20-12-6-13-22(26-20)21-11-5-9-18(25-21)17-7-2-3-14-23-17/h2-14H,1H3. The molecule has 4 rings (SSSR count). The third-order valence-electron chi connectivity index (χ3n) is 4.06. The highest BCUT2D eigenvalue weighted by atomic mass is 16.1. The summed E-state index contributed by atoms with van der Waals surface area (Å²) >= 11 is 0. The molecule has 0 unspecified atom stereocenters. The molecule has 5 nitrogen and oxygen atoms in total.